The van der Waals surface area contributed by atoms with Crippen LogP contribution in [0.15, 0.2) is 24.4 Å². The molecule has 0 aromatic carbocycles. The Kier molecular flexibility index (Phi) is 4.21. The Morgan fingerprint density at radius 1 is 1.48 bits per heavy atom. The van der Waals surface area contributed by atoms with Crippen LogP contribution >= 0.6 is 11.3 Å². The molecule has 1 amide bonds. The minimum absolute atomic E-state index is 0.0470. The number of hydrogen-bond acceptors (Lipinski definition) is 6. The standard InChI is InChI=1S/C14H16N4O2S/c1-10(19)18(9-11-5-4-8-20-11)14-17-16-13(21-14)12-6-2-3-7-15-12/h2-3,6-7,11H,4-5,8-9H2,1H3/t11-/m1/s1. The van der Waals surface area contributed by atoms with Crippen LogP contribution < -0.4 is 4.90 Å². The van der Waals surface area contributed by atoms with E-state index in [0.717, 1.165) is 25.1 Å². The molecule has 1 atom stereocenters. The van der Waals surface area contributed by atoms with Crippen molar-refractivity contribution in [2.75, 3.05) is 18.1 Å². The Balaban J connectivity index is 1.80. The van der Waals surface area contributed by atoms with E-state index in [0.29, 0.717) is 16.7 Å². The maximum atomic E-state index is 11.9. The molecule has 0 N–H and O–H groups in total. The molecule has 110 valence electrons. The second kappa shape index (κ2) is 6.28. The lowest BCUT2D eigenvalue weighted by molar-refractivity contribution is -0.116. The summed E-state index contributed by atoms with van der Waals surface area (Å²) in [5, 5.41) is 9.58. The number of nitrogens with zero attached hydrogens (tertiary/aromatic N) is 4. The van der Waals surface area contributed by atoms with Crippen LogP contribution in [0.4, 0.5) is 5.13 Å². The van der Waals surface area contributed by atoms with E-state index in [4.69, 9.17) is 4.74 Å². The highest BCUT2D eigenvalue weighted by Gasteiger charge is 2.24. The quantitative estimate of drug-likeness (QED) is 0.865. The summed E-state index contributed by atoms with van der Waals surface area (Å²) in [6.45, 7) is 2.84. The summed E-state index contributed by atoms with van der Waals surface area (Å²) in [7, 11) is 0. The first-order valence-electron chi connectivity index (χ1n) is 6.88. The number of rotatable bonds is 4. The van der Waals surface area contributed by atoms with Crippen molar-refractivity contribution in [1.82, 2.24) is 15.2 Å². The fourth-order valence-electron chi connectivity index (χ4n) is 2.25. The average molecular weight is 304 g/mol. The lowest BCUT2D eigenvalue weighted by atomic mass is 10.2. The van der Waals surface area contributed by atoms with E-state index < -0.39 is 0 Å². The van der Waals surface area contributed by atoms with Crippen molar-refractivity contribution >= 4 is 22.4 Å². The van der Waals surface area contributed by atoms with Gasteiger partial charge in [-0.3, -0.25) is 14.7 Å². The van der Waals surface area contributed by atoms with E-state index in [1.807, 2.05) is 18.2 Å². The number of amides is 1. The molecule has 1 aliphatic rings. The van der Waals surface area contributed by atoms with Crippen molar-refractivity contribution < 1.29 is 9.53 Å². The van der Waals surface area contributed by atoms with Crippen LogP contribution in [0, 0.1) is 0 Å². The van der Waals surface area contributed by atoms with Gasteiger partial charge in [0, 0.05) is 19.7 Å². The summed E-state index contributed by atoms with van der Waals surface area (Å²) in [5.41, 5.74) is 0.766. The summed E-state index contributed by atoms with van der Waals surface area (Å²) in [6, 6.07) is 5.63. The van der Waals surface area contributed by atoms with Crippen molar-refractivity contribution in [3.8, 4) is 10.7 Å². The smallest absolute Gasteiger partial charge is 0.225 e. The molecule has 2 aromatic rings. The van der Waals surface area contributed by atoms with Gasteiger partial charge in [-0.05, 0) is 25.0 Å². The van der Waals surface area contributed by atoms with Crippen molar-refractivity contribution in [3.63, 3.8) is 0 Å². The molecular formula is C14H16N4O2S. The van der Waals surface area contributed by atoms with Crippen molar-refractivity contribution in [3.05, 3.63) is 24.4 Å². The van der Waals surface area contributed by atoms with Gasteiger partial charge in [0.1, 0.15) is 5.69 Å². The second-order valence-electron chi connectivity index (χ2n) is 4.87. The summed E-state index contributed by atoms with van der Waals surface area (Å²) in [5.74, 6) is -0.0470. The minimum Gasteiger partial charge on any atom is -0.376 e. The van der Waals surface area contributed by atoms with Gasteiger partial charge < -0.3 is 4.74 Å². The normalized spacial score (nSPS) is 17.9. The summed E-state index contributed by atoms with van der Waals surface area (Å²) >= 11 is 1.37. The Morgan fingerprint density at radius 3 is 3.05 bits per heavy atom. The zero-order chi connectivity index (χ0) is 14.7. The zero-order valence-corrected chi connectivity index (χ0v) is 12.5. The van der Waals surface area contributed by atoms with Crippen LogP contribution in [0.3, 0.4) is 0 Å². The highest BCUT2D eigenvalue weighted by molar-refractivity contribution is 7.18. The molecule has 7 heteroatoms. The monoisotopic (exact) mass is 304 g/mol. The van der Waals surface area contributed by atoms with E-state index in [2.05, 4.69) is 15.2 Å². The predicted octanol–water partition coefficient (Wildman–Crippen LogP) is 2.13. The zero-order valence-electron chi connectivity index (χ0n) is 11.7. The van der Waals surface area contributed by atoms with Crippen LogP contribution in [0.1, 0.15) is 19.8 Å². The number of carbonyl (C=O) groups is 1. The Labute approximate surface area is 126 Å². The Bertz CT molecular complexity index is 610. The first-order valence-corrected chi connectivity index (χ1v) is 7.70. The fraction of sp³-hybridized carbons (Fsp3) is 0.429. The number of hydrogen-bond donors (Lipinski definition) is 0. The van der Waals surface area contributed by atoms with Crippen molar-refractivity contribution in [2.45, 2.75) is 25.9 Å². The molecule has 0 aliphatic carbocycles. The van der Waals surface area contributed by atoms with E-state index in [1.165, 1.54) is 18.3 Å². The summed E-state index contributed by atoms with van der Waals surface area (Å²) in [4.78, 5) is 17.8. The van der Waals surface area contributed by atoms with Gasteiger partial charge in [0.05, 0.1) is 12.6 Å². The van der Waals surface area contributed by atoms with Crippen molar-refractivity contribution in [2.24, 2.45) is 0 Å². The third kappa shape index (κ3) is 3.25. The van der Waals surface area contributed by atoms with E-state index in [-0.39, 0.29) is 12.0 Å². The molecule has 1 saturated heterocycles. The van der Waals surface area contributed by atoms with Crippen molar-refractivity contribution in [1.29, 1.82) is 0 Å². The Hall–Kier alpha value is -1.86. The van der Waals surface area contributed by atoms with E-state index in [1.54, 1.807) is 11.1 Å². The van der Waals surface area contributed by atoms with Gasteiger partial charge in [0.2, 0.25) is 11.0 Å². The van der Waals surface area contributed by atoms with Gasteiger partial charge in [-0.2, -0.15) is 0 Å². The molecule has 2 aromatic heterocycles. The number of pyridine rings is 1. The molecule has 0 bridgehead atoms. The molecule has 1 aliphatic heterocycles. The van der Waals surface area contributed by atoms with E-state index in [9.17, 15) is 4.79 Å². The van der Waals surface area contributed by atoms with Crippen LogP contribution in [0.25, 0.3) is 10.7 Å². The lowest BCUT2D eigenvalue weighted by Crippen LogP contribution is -2.35. The third-order valence-electron chi connectivity index (χ3n) is 3.32. The number of carbonyl (C=O) groups excluding carboxylic acids is 1. The molecule has 3 heterocycles. The van der Waals surface area contributed by atoms with Crippen LogP contribution in [0.5, 0.6) is 0 Å². The Morgan fingerprint density at radius 2 is 2.38 bits per heavy atom. The average Bonchev–Trinajstić information content (AvgIpc) is 3.17. The van der Waals surface area contributed by atoms with Gasteiger partial charge in [-0.15, -0.1) is 10.2 Å². The van der Waals surface area contributed by atoms with Gasteiger partial charge in [0.25, 0.3) is 0 Å². The summed E-state index contributed by atoms with van der Waals surface area (Å²) < 4.78 is 5.60. The molecule has 0 saturated carbocycles. The maximum Gasteiger partial charge on any atom is 0.225 e. The lowest BCUT2D eigenvalue weighted by Gasteiger charge is -2.20. The van der Waals surface area contributed by atoms with E-state index >= 15 is 0 Å². The second-order valence-corrected chi connectivity index (χ2v) is 5.83. The maximum absolute atomic E-state index is 11.9. The highest BCUT2D eigenvalue weighted by atomic mass is 32.1. The summed E-state index contributed by atoms with van der Waals surface area (Å²) in [6.07, 6.45) is 3.84. The topological polar surface area (TPSA) is 68.2 Å². The number of ether oxygens (including phenoxy) is 1. The molecule has 6 nitrogen and oxygen atoms in total. The molecule has 0 unspecified atom stereocenters. The van der Waals surface area contributed by atoms with Crippen LogP contribution in [-0.4, -0.2) is 40.3 Å². The minimum atomic E-state index is -0.0470. The molecule has 0 spiro atoms. The first kappa shape index (κ1) is 14.1. The van der Waals surface area contributed by atoms with Gasteiger partial charge in [0.15, 0.2) is 5.01 Å². The molecular weight excluding hydrogens is 288 g/mol. The highest BCUT2D eigenvalue weighted by Crippen LogP contribution is 2.28. The largest absolute Gasteiger partial charge is 0.376 e. The molecule has 0 radical (unpaired) electrons. The number of anilines is 1. The molecule has 3 rings (SSSR count). The van der Waals surface area contributed by atoms with Gasteiger partial charge in [-0.1, -0.05) is 17.4 Å². The molecule has 1 fully saturated rings. The van der Waals surface area contributed by atoms with Gasteiger partial charge >= 0.3 is 0 Å². The van der Waals surface area contributed by atoms with Crippen LogP contribution in [-0.2, 0) is 9.53 Å². The SMILES string of the molecule is CC(=O)N(C[C@H]1CCCO1)c1nnc(-c2ccccn2)s1. The first-order chi connectivity index (χ1) is 10.2. The predicted molar refractivity (Wildman–Crippen MR) is 80.1 cm³/mol. The fourth-order valence-corrected chi connectivity index (χ4v) is 3.13. The van der Waals surface area contributed by atoms with Crippen LogP contribution in [0.2, 0.25) is 0 Å². The number of aromatic nitrogens is 3. The molecule has 21 heavy (non-hydrogen) atoms. The third-order valence-corrected chi connectivity index (χ3v) is 4.29. The van der Waals surface area contributed by atoms with Gasteiger partial charge in [-0.25, -0.2) is 0 Å².